The number of hydrogen-bond donors (Lipinski definition) is 1. The molecular formula is C11H18N2O3S. The van der Waals surface area contributed by atoms with Crippen LogP contribution in [0.5, 0.6) is 0 Å². The van der Waals surface area contributed by atoms with E-state index in [1.165, 1.54) is 17.4 Å². The molecule has 96 valence electrons. The van der Waals surface area contributed by atoms with Gasteiger partial charge in [-0.05, 0) is 20.3 Å². The van der Waals surface area contributed by atoms with Crippen LogP contribution in [0.15, 0.2) is 6.07 Å². The zero-order valence-electron chi connectivity index (χ0n) is 10.3. The lowest BCUT2D eigenvalue weighted by Gasteiger charge is -2.19. The predicted octanol–water partition coefficient (Wildman–Crippen LogP) is 2.95. The quantitative estimate of drug-likeness (QED) is 0.629. The highest BCUT2D eigenvalue weighted by atomic mass is 32.1. The van der Waals surface area contributed by atoms with Crippen LogP contribution >= 0.6 is 11.3 Å². The Balaban J connectivity index is 3.14. The fraction of sp³-hybridized carbons (Fsp3) is 0.636. The normalized spacial score (nSPS) is 12.5. The molecule has 17 heavy (non-hydrogen) atoms. The lowest BCUT2D eigenvalue weighted by Crippen LogP contribution is -2.23. The van der Waals surface area contributed by atoms with E-state index in [2.05, 4.69) is 0 Å². The van der Waals surface area contributed by atoms with E-state index in [9.17, 15) is 15.2 Å². The van der Waals surface area contributed by atoms with E-state index in [1.807, 2.05) is 18.7 Å². The van der Waals surface area contributed by atoms with Crippen molar-refractivity contribution < 1.29 is 10.0 Å². The average Bonchev–Trinajstić information content (AvgIpc) is 2.70. The Labute approximate surface area is 105 Å². The highest BCUT2D eigenvalue weighted by Crippen LogP contribution is 2.40. The summed E-state index contributed by atoms with van der Waals surface area (Å²) in [7, 11) is 0. The van der Waals surface area contributed by atoms with Crippen LogP contribution in [0, 0.1) is 10.1 Å². The fourth-order valence-corrected chi connectivity index (χ4v) is 2.78. The molecule has 1 atom stereocenters. The largest absolute Gasteiger partial charge is 0.388 e. The lowest BCUT2D eigenvalue weighted by atomic mass is 10.3. The third kappa shape index (κ3) is 3.17. The second-order valence-electron chi connectivity index (χ2n) is 3.85. The summed E-state index contributed by atoms with van der Waals surface area (Å²) >= 11 is 1.30. The van der Waals surface area contributed by atoms with Crippen molar-refractivity contribution in [3.8, 4) is 0 Å². The molecule has 1 N–H and O–H groups in total. The third-order valence-electron chi connectivity index (χ3n) is 2.48. The number of rotatable bonds is 6. The topological polar surface area (TPSA) is 66.6 Å². The summed E-state index contributed by atoms with van der Waals surface area (Å²) in [6, 6.07) is 1.48. The van der Waals surface area contributed by atoms with Crippen molar-refractivity contribution in [3.63, 3.8) is 0 Å². The maximum Gasteiger partial charge on any atom is 0.304 e. The minimum atomic E-state index is -0.659. The van der Waals surface area contributed by atoms with Crippen LogP contribution < -0.4 is 4.90 Å². The fourth-order valence-electron chi connectivity index (χ4n) is 1.63. The monoisotopic (exact) mass is 258 g/mol. The van der Waals surface area contributed by atoms with Crippen LogP contribution in [0.4, 0.5) is 10.7 Å². The summed E-state index contributed by atoms with van der Waals surface area (Å²) in [4.78, 5) is 13.2. The third-order valence-corrected chi connectivity index (χ3v) is 3.84. The SMILES string of the molecule is CCCN(CC)c1sc([C@H](C)O)cc1[N+](=O)[O-]. The van der Waals surface area contributed by atoms with E-state index in [0.717, 1.165) is 19.5 Å². The average molecular weight is 258 g/mol. The second kappa shape index (κ2) is 5.97. The number of nitrogens with zero attached hydrogens (tertiary/aromatic N) is 2. The molecule has 0 saturated heterocycles. The first kappa shape index (κ1) is 13.9. The Bertz CT molecular complexity index is 390. The first-order chi connectivity index (χ1) is 8.01. The van der Waals surface area contributed by atoms with E-state index in [0.29, 0.717) is 9.88 Å². The van der Waals surface area contributed by atoms with Gasteiger partial charge in [0.05, 0.1) is 11.0 Å². The molecule has 0 fully saturated rings. The zero-order valence-corrected chi connectivity index (χ0v) is 11.2. The maximum atomic E-state index is 11.0. The van der Waals surface area contributed by atoms with Crippen LogP contribution in [0.25, 0.3) is 0 Å². The summed E-state index contributed by atoms with van der Waals surface area (Å²) < 4.78 is 0. The summed E-state index contributed by atoms with van der Waals surface area (Å²) in [6.45, 7) is 7.15. The van der Waals surface area contributed by atoms with E-state index >= 15 is 0 Å². The molecule has 0 aliphatic heterocycles. The summed E-state index contributed by atoms with van der Waals surface area (Å²) in [6.07, 6.45) is 0.278. The molecule has 0 amide bonds. The highest BCUT2D eigenvalue weighted by molar-refractivity contribution is 7.16. The van der Waals surface area contributed by atoms with Gasteiger partial charge >= 0.3 is 5.69 Å². The first-order valence-corrected chi connectivity index (χ1v) is 6.54. The molecule has 0 saturated carbocycles. The Morgan fingerprint density at radius 1 is 1.59 bits per heavy atom. The van der Waals surface area contributed by atoms with Gasteiger partial charge in [0.15, 0.2) is 5.00 Å². The molecule has 1 rings (SSSR count). The number of thiophene rings is 1. The van der Waals surface area contributed by atoms with Crippen molar-refractivity contribution in [2.75, 3.05) is 18.0 Å². The smallest absolute Gasteiger partial charge is 0.304 e. The Kier molecular flexibility index (Phi) is 4.89. The molecule has 1 aromatic heterocycles. The maximum absolute atomic E-state index is 11.0. The Morgan fingerprint density at radius 2 is 2.24 bits per heavy atom. The van der Waals surface area contributed by atoms with Crippen molar-refractivity contribution in [1.82, 2.24) is 0 Å². The number of hydrogen-bond acceptors (Lipinski definition) is 5. The molecule has 0 aromatic carbocycles. The summed E-state index contributed by atoms with van der Waals surface area (Å²) in [5.41, 5.74) is 0.0983. The molecule has 0 radical (unpaired) electrons. The van der Waals surface area contributed by atoms with E-state index < -0.39 is 6.10 Å². The van der Waals surface area contributed by atoms with Crippen molar-refractivity contribution in [2.24, 2.45) is 0 Å². The van der Waals surface area contributed by atoms with E-state index in [4.69, 9.17) is 0 Å². The van der Waals surface area contributed by atoms with Gasteiger partial charge in [-0.25, -0.2) is 0 Å². The van der Waals surface area contributed by atoms with Crippen LogP contribution in [0.3, 0.4) is 0 Å². The van der Waals surface area contributed by atoms with Crippen molar-refractivity contribution in [2.45, 2.75) is 33.3 Å². The van der Waals surface area contributed by atoms with Crippen molar-refractivity contribution in [3.05, 3.63) is 21.1 Å². The van der Waals surface area contributed by atoms with Crippen LogP contribution in [0.1, 0.15) is 38.2 Å². The first-order valence-electron chi connectivity index (χ1n) is 5.72. The number of aliphatic hydroxyl groups is 1. The Morgan fingerprint density at radius 3 is 2.65 bits per heavy atom. The number of aliphatic hydroxyl groups excluding tert-OH is 1. The molecule has 1 heterocycles. The molecule has 6 heteroatoms. The number of nitro groups is 1. The lowest BCUT2D eigenvalue weighted by molar-refractivity contribution is -0.383. The minimum absolute atomic E-state index is 0.0983. The van der Waals surface area contributed by atoms with Gasteiger partial charge in [0.25, 0.3) is 0 Å². The molecule has 5 nitrogen and oxygen atoms in total. The van der Waals surface area contributed by atoms with Crippen LogP contribution in [-0.4, -0.2) is 23.1 Å². The van der Waals surface area contributed by atoms with Gasteiger partial charge in [-0.2, -0.15) is 0 Å². The highest BCUT2D eigenvalue weighted by Gasteiger charge is 2.24. The predicted molar refractivity (Wildman–Crippen MR) is 69.8 cm³/mol. The summed E-state index contributed by atoms with van der Waals surface area (Å²) in [5.74, 6) is 0. The van der Waals surface area contributed by atoms with E-state index in [1.54, 1.807) is 6.92 Å². The summed E-state index contributed by atoms with van der Waals surface area (Å²) in [5, 5.41) is 21.1. The van der Waals surface area contributed by atoms with Crippen LogP contribution in [-0.2, 0) is 0 Å². The van der Waals surface area contributed by atoms with Gasteiger partial charge in [0.2, 0.25) is 0 Å². The van der Waals surface area contributed by atoms with E-state index in [-0.39, 0.29) is 10.6 Å². The van der Waals surface area contributed by atoms with Gasteiger partial charge in [-0.3, -0.25) is 10.1 Å². The van der Waals surface area contributed by atoms with Gasteiger partial charge in [0, 0.05) is 24.0 Å². The molecule has 1 aromatic rings. The second-order valence-corrected chi connectivity index (χ2v) is 4.91. The zero-order chi connectivity index (χ0) is 13.0. The van der Waals surface area contributed by atoms with Gasteiger partial charge in [-0.1, -0.05) is 6.92 Å². The van der Waals surface area contributed by atoms with Gasteiger partial charge in [-0.15, -0.1) is 11.3 Å². The molecule has 0 unspecified atom stereocenters. The standard InChI is InChI=1S/C11H18N2O3S/c1-4-6-12(5-2)11-9(13(15)16)7-10(17-11)8(3)14/h7-8,14H,4-6H2,1-3H3/t8-/m0/s1. The number of anilines is 1. The minimum Gasteiger partial charge on any atom is -0.388 e. The van der Waals surface area contributed by atoms with Gasteiger partial charge < -0.3 is 10.0 Å². The van der Waals surface area contributed by atoms with Crippen LogP contribution in [0.2, 0.25) is 0 Å². The molecule has 0 aliphatic carbocycles. The molecule has 0 spiro atoms. The molecule has 0 aliphatic rings. The van der Waals surface area contributed by atoms with Crippen molar-refractivity contribution >= 4 is 22.0 Å². The van der Waals surface area contributed by atoms with Crippen molar-refractivity contribution in [1.29, 1.82) is 0 Å². The molecule has 0 bridgehead atoms. The molecular weight excluding hydrogens is 240 g/mol. The van der Waals surface area contributed by atoms with Gasteiger partial charge in [0.1, 0.15) is 0 Å². The Hall–Kier alpha value is -1.14.